The number of hydrogen-bond acceptors (Lipinski definition) is 3. The molecule has 0 amide bonds. The van der Waals surface area contributed by atoms with Gasteiger partial charge in [-0.05, 0) is 44.7 Å². The Morgan fingerprint density at radius 1 is 1.38 bits per heavy atom. The topological polar surface area (TPSA) is 38.5 Å². The second-order valence-corrected chi connectivity index (χ2v) is 5.82. The number of ether oxygens (including phenoxy) is 1. The van der Waals surface area contributed by atoms with E-state index in [2.05, 4.69) is 11.8 Å². The van der Waals surface area contributed by atoms with Crippen molar-refractivity contribution < 1.29 is 4.74 Å². The maximum absolute atomic E-state index is 5.98. The summed E-state index contributed by atoms with van der Waals surface area (Å²) in [5, 5.41) is 0. The lowest BCUT2D eigenvalue weighted by Gasteiger charge is -2.42. The summed E-state index contributed by atoms with van der Waals surface area (Å²) in [6, 6.07) is 0. The summed E-state index contributed by atoms with van der Waals surface area (Å²) in [5.74, 6) is 0.910. The molecule has 2 saturated heterocycles. The van der Waals surface area contributed by atoms with Crippen molar-refractivity contribution >= 4 is 0 Å². The average molecular weight is 226 g/mol. The van der Waals surface area contributed by atoms with Gasteiger partial charge in [0.25, 0.3) is 0 Å². The summed E-state index contributed by atoms with van der Waals surface area (Å²) in [6.45, 7) is 8.59. The second kappa shape index (κ2) is 5.48. The van der Waals surface area contributed by atoms with Crippen molar-refractivity contribution in [2.45, 2.75) is 32.6 Å². The largest absolute Gasteiger partial charge is 0.381 e. The first kappa shape index (κ1) is 12.3. The lowest BCUT2D eigenvalue weighted by Crippen LogP contribution is -2.49. The molecular weight excluding hydrogens is 200 g/mol. The molecular formula is C13H26N2O. The van der Waals surface area contributed by atoms with Crippen LogP contribution in [0.5, 0.6) is 0 Å². The summed E-state index contributed by atoms with van der Waals surface area (Å²) in [4.78, 5) is 2.60. The molecule has 3 nitrogen and oxygen atoms in total. The molecule has 94 valence electrons. The predicted octanol–water partition coefficient (Wildman–Crippen LogP) is 1.47. The molecule has 0 aromatic carbocycles. The van der Waals surface area contributed by atoms with Crippen LogP contribution in [0.1, 0.15) is 32.6 Å². The van der Waals surface area contributed by atoms with Crippen LogP contribution in [0, 0.1) is 11.3 Å². The van der Waals surface area contributed by atoms with Crippen molar-refractivity contribution in [2.24, 2.45) is 17.1 Å². The first-order chi connectivity index (χ1) is 7.74. The summed E-state index contributed by atoms with van der Waals surface area (Å²) in [6.07, 6.45) is 5.13. The van der Waals surface area contributed by atoms with E-state index in [-0.39, 0.29) is 5.41 Å². The summed E-state index contributed by atoms with van der Waals surface area (Å²) < 4.78 is 5.63. The van der Waals surface area contributed by atoms with E-state index in [1.165, 1.54) is 38.8 Å². The van der Waals surface area contributed by atoms with Crippen LogP contribution in [0.2, 0.25) is 0 Å². The third-order valence-corrected chi connectivity index (χ3v) is 4.27. The van der Waals surface area contributed by atoms with Crippen molar-refractivity contribution in [1.29, 1.82) is 0 Å². The SMILES string of the molecule is CC1CCN(CC2(CN)CCCOC2)CC1. The minimum Gasteiger partial charge on any atom is -0.381 e. The van der Waals surface area contributed by atoms with Crippen molar-refractivity contribution in [3.63, 3.8) is 0 Å². The molecule has 2 aliphatic heterocycles. The fraction of sp³-hybridized carbons (Fsp3) is 1.00. The van der Waals surface area contributed by atoms with Gasteiger partial charge >= 0.3 is 0 Å². The molecule has 2 N–H and O–H groups in total. The summed E-state index contributed by atoms with van der Waals surface area (Å²) in [5.41, 5.74) is 6.22. The van der Waals surface area contributed by atoms with Gasteiger partial charge in [0, 0.05) is 25.1 Å². The van der Waals surface area contributed by atoms with Crippen LogP contribution >= 0.6 is 0 Å². The quantitative estimate of drug-likeness (QED) is 0.792. The molecule has 0 aromatic rings. The van der Waals surface area contributed by atoms with Crippen LogP contribution in [0.15, 0.2) is 0 Å². The van der Waals surface area contributed by atoms with Gasteiger partial charge < -0.3 is 15.4 Å². The summed E-state index contributed by atoms with van der Waals surface area (Å²) >= 11 is 0. The molecule has 0 bridgehead atoms. The number of nitrogens with two attached hydrogens (primary N) is 1. The minimum absolute atomic E-state index is 0.249. The first-order valence-corrected chi connectivity index (χ1v) is 6.74. The van der Waals surface area contributed by atoms with Crippen LogP contribution in [-0.4, -0.2) is 44.3 Å². The molecule has 1 unspecified atom stereocenters. The molecule has 1 atom stereocenters. The molecule has 2 fully saturated rings. The summed E-state index contributed by atoms with van der Waals surface area (Å²) in [7, 11) is 0. The van der Waals surface area contributed by atoms with Crippen molar-refractivity contribution in [1.82, 2.24) is 4.90 Å². The second-order valence-electron chi connectivity index (χ2n) is 5.82. The Hall–Kier alpha value is -0.120. The van der Waals surface area contributed by atoms with E-state index >= 15 is 0 Å². The smallest absolute Gasteiger partial charge is 0.0546 e. The molecule has 2 rings (SSSR count). The Balaban J connectivity index is 1.86. The van der Waals surface area contributed by atoms with Gasteiger partial charge in [-0.15, -0.1) is 0 Å². The maximum Gasteiger partial charge on any atom is 0.0546 e. The molecule has 2 heterocycles. The molecule has 0 aliphatic carbocycles. The van der Waals surface area contributed by atoms with E-state index in [0.29, 0.717) is 0 Å². The van der Waals surface area contributed by atoms with Crippen molar-refractivity contribution in [3.8, 4) is 0 Å². The molecule has 3 heteroatoms. The highest BCUT2D eigenvalue weighted by Gasteiger charge is 2.34. The van der Waals surface area contributed by atoms with Gasteiger partial charge in [-0.3, -0.25) is 0 Å². The number of hydrogen-bond donors (Lipinski definition) is 1. The zero-order chi connectivity index (χ0) is 11.4. The Morgan fingerprint density at radius 3 is 2.69 bits per heavy atom. The van der Waals surface area contributed by atoms with Crippen LogP contribution in [-0.2, 0) is 4.74 Å². The third kappa shape index (κ3) is 2.96. The lowest BCUT2D eigenvalue weighted by molar-refractivity contribution is -0.0261. The highest BCUT2D eigenvalue weighted by Crippen LogP contribution is 2.30. The van der Waals surface area contributed by atoms with E-state index in [1.807, 2.05) is 0 Å². The fourth-order valence-corrected chi connectivity index (χ4v) is 2.95. The van der Waals surface area contributed by atoms with Gasteiger partial charge in [0.15, 0.2) is 0 Å². The minimum atomic E-state index is 0.249. The Kier molecular flexibility index (Phi) is 4.22. The van der Waals surface area contributed by atoms with Crippen molar-refractivity contribution in [2.75, 3.05) is 39.4 Å². The fourth-order valence-electron chi connectivity index (χ4n) is 2.95. The van der Waals surface area contributed by atoms with Crippen LogP contribution in [0.3, 0.4) is 0 Å². The van der Waals surface area contributed by atoms with Crippen LogP contribution < -0.4 is 5.73 Å². The standard InChI is InChI=1S/C13H26N2O/c1-12-3-6-15(7-4-12)10-13(9-14)5-2-8-16-11-13/h12H,2-11,14H2,1H3. The van der Waals surface area contributed by atoms with E-state index in [9.17, 15) is 0 Å². The van der Waals surface area contributed by atoms with Gasteiger partial charge in [-0.1, -0.05) is 6.92 Å². The van der Waals surface area contributed by atoms with Crippen LogP contribution in [0.25, 0.3) is 0 Å². The van der Waals surface area contributed by atoms with E-state index in [1.54, 1.807) is 0 Å². The number of piperidine rings is 1. The lowest BCUT2D eigenvalue weighted by atomic mass is 9.81. The predicted molar refractivity (Wildman–Crippen MR) is 66.4 cm³/mol. The van der Waals surface area contributed by atoms with Crippen LogP contribution in [0.4, 0.5) is 0 Å². The Morgan fingerprint density at radius 2 is 2.12 bits per heavy atom. The first-order valence-electron chi connectivity index (χ1n) is 6.74. The third-order valence-electron chi connectivity index (χ3n) is 4.27. The molecule has 0 radical (unpaired) electrons. The molecule has 0 spiro atoms. The van der Waals surface area contributed by atoms with Gasteiger partial charge in [0.2, 0.25) is 0 Å². The monoisotopic (exact) mass is 226 g/mol. The average Bonchev–Trinajstić information content (AvgIpc) is 2.33. The molecule has 16 heavy (non-hydrogen) atoms. The number of likely N-dealkylation sites (tertiary alicyclic amines) is 1. The van der Waals surface area contributed by atoms with Gasteiger partial charge in [0.1, 0.15) is 0 Å². The van der Waals surface area contributed by atoms with Gasteiger partial charge in [-0.2, -0.15) is 0 Å². The highest BCUT2D eigenvalue weighted by molar-refractivity contribution is 4.87. The normalized spacial score (nSPS) is 34.1. The Labute approximate surface area is 99.3 Å². The Bertz CT molecular complexity index is 206. The molecule has 0 aromatic heterocycles. The number of rotatable bonds is 3. The molecule has 0 saturated carbocycles. The van der Waals surface area contributed by atoms with E-state index in [0.717, 1.165) is 32.2 Å². The zero-order valence-electron chi connectivity index (χ0n) is 10.6. The number of nitrogens with zero attached hydrogens (tertiary/aromatic N) is 1. The maximum atomic E-state index is 5.98. The highest BCUT2D eigenvalue weighted by atomic mass is 16.5. The van der Waals surface area contributed by atoms with E-state index in [4.69, 9.17) is 10.5 Å². The van der Waals surface area contributed by atoms with Crippen molar-refractivity contribution in [3.05, 3.63) is 0 Å². The zero-order valence-corrected chi connectivity index (χ0v) is 10.6. The van der Waals surface area contributed by atoms with Gasteiger partial charge in [0.05, 0.1) is 6.61 Å². The van der Waals surface area contributed by atoms with Gasteiger partial charge in [-0.25, -0.2) is 0 Å². The van der Waals surface area contributed by atoms with E-state index < -0.39 is 0 Å². The molecule has 2 aliphatic rings.